The molecule has 15 heavy (non-hydrogen) atoms. The lowest BCUT2D eigenvalue weighted by Crippen LogP contribution is -1.85. The van der Waals surface area contributed by atoms with Gasteiger partial charge < -0.3 is 4.74 Å². The molecule has 1 aromatic carbocycles. The normalized spacial score (nSPS) is 10.0. The molecule has 0 radical (unpaired) electrons. The number of pyridine rings is 1. The molecule has 0 saturated heterocycles. The summed E-state index contributed by atoms with van der Waals surface area (Å²) < 4.78 is 7.70. The van der Waals surface area contributed by atoms with Crippen LogP contribution in [-0.4, -0.2) is 4.98 Å². The second kappa shape index (κ2) is 4.94. The average Bonchev–Trinajstić information content (AvgIpc) is 2.17. The van der Waals surface area contributed by atoms with Gasteiger partial charge in [0.05, 0.1) is 6.20 Å². The molecule has 0 spiro atoms. The van der Waals surface area contributed by atoms with Crippen molar-refractivity contribution in [2.75, 3.05) is 0 Å². The third kappa shape index (κ3) is 3.17. The van der Waals surface area contributed by atoms with Crippen LogP contribution in [0.4, 0.5) is 0 Å². The molecule has 0 amide bonds. The molecule has 2 nitrogen and oxygen atoms in total. The summed E-state index contributed by atoms with van der Waals surface area (Å²) in [5.41, 5.74) is 0. The summed E-state index contributed by atoms with van der Waals surface area (Å²) in [4.78, 5) is 4.03. The van der Waals surface area contributed by atoms with E-state index in [0.29, 0.717) is 0 Å². The summed E-state index contributed by atoms with van der Waals surface area (Å²) in [5.74, 6) is 1.55. The van der Waals surface area contributed by atoms with E-state index in [4.69, 9.17) is 4.74 Å². The van der Waals surface area contributed by atoms with E-state index in [1.165, 1.54) is 0 Å². The Labute approximate surface area is 110 Å². The zero-order chi connectivity index (χ0) is 10.7. The lowest BCUT2D eigenvalue weighted by molar-refractivity contribution is 0.479. The summed E-state index contributed by atoms with van der Waals surface area (Å²) >= 11 is 5.60. The number of nitrogens with zero attached hydrogens (tertiary/aromatic N) is 1. The predicted octanol–water partition coefficient (Wildman–Crippen LogP) is 4.24. The quantitative estimate of drug-likeness (QED) is 0.732. The van der Waals surface area contributed by atoms with Crippen LogP contribution in [0.2, 0.25) is 0 Å². The Bertz CT molecular complexity index is 432. The highest BCUT2D eigenvalue weighted by molar-refractivity contribution is 14.1. The average molecular weight is 376 g/mol. The second-order valence-electron chi connectivity index (χ2n) is 2.90. The molecule has 0 aliphatic heterocycles. The number of halogens is 2. The van der Waals surface area contributed by atoms with Crippen LogP contribution in [0, 0.1) is 3.57 Å². The zero-order valence-corrected chi connectivity index (χ0v) is 11.4. The molecule has 0 unspecified atom stereocenters. The summed E-state index contributed by atoms with van der Waals surface area (Å²) in [6.07, 6.45) is 3.41. The zero-order valence-electron chi connectivity index (χ0n) is 7.65. The monoisotopic (exact) mass is 375 g/mol. The van der Waals surface area contributed by atoms with Crippen molar-refractivity contribution < 1.29 is 4.74 Å². The summed E-state index contributed by atoms with van der Waals surface area (Å²) in [6.45, 7) is 0. The van der Waals surface area contributed by atoms with Gasteiger partial charge in [-0.2, -0.15) is 0 Å². The lowest BCUT2D eigenvalue weighted by Gasteiger charge is -2.05. The first-order valence-electron chi connectivity index (χ1n) is 4.28. The Kier molecular flexibility index (Phi) is 3.58. The van der Waals surface area contributed by atoms with Gasteiger partial charge in [-0.1, -0.05) is 6.07 Å². The molecule has 0 fully saturated rings. The largest absolute Gasteiger partial charge is 0.456 e. The second-order valence-corrected chi connectivity index (χ2v) is 5.06. The maximum Gasteiger partial charge on any atom is 0.146 e. The minimum Gasteiger partial charge on any atom is -0.456 e. The van der Waals surface area contributed by atoms with Crippen LogP contribution in [0.15, 0.2) is 47.2 Å². The van der Waals surface area contributed by atoms with Gasteiger partial charge in [0.15, 0.2) is 0 Å². The smallest absolute Gasteiger partial charge is 0.146 e. The summed E-state index contributed by atoms with van der Waals surface area (Å²) in [6, 6.07) is 9.76. The Morgan fingerprint density at radius 1 is 1.13 bits per heavy atom. The predicted molar refractivity (Wildman–Crippen MR) is 71.2 cm³/mol. The first-order chi connectivity index (χ1) is 7.24. The fourth-order valence-electron chi connectivity index (χ4n) is 1.11. The Hall–Kier alpha value is -0.620. The van der Waals surface area contributed by atoms with Gasteiger partial charge in [0.1, 0.15) is 11.5 Å². The molecule has 0 aliphatic carbocycles. The van der Waals surface area contributed by atoms with Crippen molar-refractivity contribution >= 4 is 38.5 Å². The number of benzene rings is 1. The molecule has 1 heterocycles. The van der Waals surface area contributed by atoms with Gasteiger partial charge >= 0.3 is 0 Å². The van der Waals surface area contributed by atoms with Gasteiger partial charge in [-0.3, -0.25) is 4.98 Å². The van der Waals surface area contributed by atoms with Crippen molar-refractivity contribution in [3.63, 3.8) is 0 Å². The fourth-order valence-corrected chi connectivity index (χ4v) is 1.97. The van der Waals surface area contributed by atoms with Gasteiger partial charge in [-0.15, -0.1) is 0 Å². The van der Waals surface area contributed by atoms with Crippen molar-refractivity contribution in [2.24, 2.45) is 0 Å². The molecule has 2 rings (SSSR count). The van der Waals surface area contributed by atoms with Crippen LogP contribution >= 0.6 is 38.5 Å². The van der Waals surface area contributed by atoms with Crippen molar-refractivity contribution in [1.29, 1.82) is 0 Å². The van der Waals surface area contributed by atoms with Gasteiger partial charge in [-0.05, 0) is 62.8 Å². The van der Waals surface area contributed by atoms with Crippen LogP contribution in [-0.2, 0) is 0 Å². The van der Waals surface area contributed by atoms with Gasteiger partial charge in [-0.25, -0.2) is 0 Å². The number of hydrogen-bond acceptors (Lipinski definition) is 2. The molecule has 0 atom stereocenters. The third-order valence-corrected chi connectivity index (χ3v) is 2.82. The minimum atomic E-state index is 0.728. The van der Waals surface area contributed by atoms with Crippen LogP contribution < -0.4 is 4.74 Å². The minimum absolute atomic E-state index is 0.728. The molecule has 0 N–H and O–H groups in total. The highest BCUT2D eigenvalue weighted by Crippen LogP contribution is 2.24. The lowest BCUT2D eigenvalue weighted by atomic mass is 10.3. The van der Waals surface area contributed by atoms with Crippen LogP contribution in [0.5, 0.6) is 11.5 Å². The molecule has 4 heteroatoms. The standard InChI is InChI=1S/C11H7BrINO/c12-8-4-11(7-14-6-8)15-10-3-1-2-9(13)5-10/h1-7H. The number of rotatable bonds is 2. The highest BCUT2D eigenvalue weighted by atomic mass is 127. The van der Waals surface area contributed by atoms with E-state index in [2.05, 4.69) is 43.5 Å². The molecule has 0 aliphatic rings. The van der Waals surface area contributed by atoms with Gasteiger partial charge in [0.25, 0.3) is 0 Å². The molecule has 0 saturated carbocycles. The first-order valence-corrected chi connectivity index (χ1v) is 6.15. The van der Waals surface area contributed by atoms with E-state index in [9.17, 15) is 0 Å². The van der Waals surface area contributed by atoms with Gasteiger partial charge in [0.2, 0.25) is 0 Å². The molecule has 2 aromatic rings. The van der Waals surface area contributed by atoms with E-state index >= 15 is 0 Å². The van der Waals surface area contributed by atoms with E-state index < -0.39 is 0 Å². The molecule has 1 aromatic heterocycles. The van der Waals surface area contributed by atoms with E-state index in [0.717, 1.165) is 19.5 Å². The topological polar surface area (TPSA) is 22.1 Å². The number of ether oxygens (including phenoxy) is 1. The maximum atomic E-state index is 5.64. The van der Waals surface area contributed by atoms with E-state index in [-0.39, 0.29) is 0 Å². The van der Waals surface area contributed by atoms with Crippen LogP contribution in [0.1, 0.15) is 0 Å². The Balaban J connectivity index is 2.22. The fraction of sp³-hybridized carbons (Fsp3) is 0. The Morgan fingerprint density at radius 3 is 2.73 bits per heavy atom. The van der Waals surface area contributed by atoms with E-state index in [1.54, 1.807) is 12.4 Å². The van der Waals surface area contributed by atoms with Crippen molar-refractivity contribution in [2.45, 2.75) is 0 Å². The first kappa shape index (κ1) is 10.9. The molecular weight excluding hydrogens is 369 g/mol. The summed E-state index contributed by atoms with van der Waals surface area (Å²) in [7, 11) is 0. The molecular formula is C11H7BrINO. The molecule has 76 valence electrons. The molecule has 0 bridgehead atoms. The third-order valence-electron chi connectivity index (χ3n) is 1.71. The van der Waals surface area contributed by atoms with Crippen molar-refractivity contribution in [1.82, 2.24) is 4.98 Å². The van der Waals surface area contributed by atoms with Crippen molar-refractivity contribution in [3.05, 3.63) is 50.8 Å². The SMILES string of the molecule is Brc1cncc(Oc2cccc(I)c2)c1. The summed E-state index contributed by atoms with van der Waals surface area (Å²) in [5, 5.41) is 0. The van der Waals surface area contributed by atoms with E-state index in [1.807, 2.05) is 30.3 Å². The van der Waals surface area contributed by atoms with Crippen LogP contribution in [0.3, 0.4) is 0 Å². The number of hydrogen-bond donors (Lipinski definition) is 0. The van der Waals surface area contributed by atoms with Gasteiger partial charge in [0, 0.05) is 14.2 Å². The van der Waals surface area contributed by atoms with Crippen LogP contribution in [0.25, 0.3) is 0 Å². The Morgan fingerprint density at radius 2 is 2.00 bits per heavy atom. The highest BCUT2D eigenvalue weighted by Gasteiger charge is 1.98. The van der Waals surface area contributed by atoms with Crippen molar-refractivity contribution in [3.8, 4) is 11.5 Å². The number of aromatic nitrogens is 1. The maximum absolute atomic E-state index is 5.64.